The molecule has 10 nitrogen and oxygen atoms in total. The van der Waals surface area contributed by atoms with Crippen LogP contribution in [0.1, 0.15) is 33.8 Å². The van der Waals surface area contributed by atoms with Crippen molar-refractivity contribution in [2.45, 2.75) is 12.3 Å². The molecule has 0 saturated heterocycles. The van der Waals surface area contributed by atoms with E-state index in [0.29, 0.717) is 51.1 Å². The van der Waals surface area contributed by atoms with E-state index in [4.69, 9.17) is 33.6 Å². The number of carbonyl (C=O) groups excluding carboxylic acids is 1. The standard InChI is InChI=1S/C21H17NO9/c1-26-15-6-19-17(28-9-30-19)4-11(15)12-2-14(23)10-3-16-18(29-8-27-16)5-13(10)21(12)22-31-7-20(24)25/h3-6,12H,2,7-9H2,1H3,(H,24,25). The first-order valence-electron chi connectivity index (χ1n) is 9.41. The molecule has 2 aromatic carbocycles. The second-order valence-corrected chi connectivity index (χ2v) is 7.02. The molecule has 0 amide bonds. The zero-order valence-corrected chi connectivity index (χ0v) is 16.4. The van der Waals surface area contributed by atoms with Crippen LogP contribution in [-0.2, 0) is 9.63 Å². The number of carbonyl (C=O) groups is 2. The number of carboxylic acids is 1. The zero-order valence-electron chi connectivity index (χ0n) is 16.4. The highest BCUT2D eigenvalue weighted by Crippen LogP contribution is 2.46. The fraction of sp³-hybridized carbons (Fsp3) is 0.286. The maximum Gasteiger partial charge on any atom is 0.344 e. The van der Waals surface area contributed by atoms with E-state index in [1.165, 1.54) is 7.11 Å². The van der Waals surface area contributed by atoms with Gasteiger partial charge in [-0.3, -0.25) is 4.79 Å². The zero-order chi connectivity index (χ0) is 21.5. The molecule has 0 bridgehead atoms. The minimum Gasteiger partial charge on any atom is -0.496 e. The van der Waals surface area contributed by atoms with Crippen LogP contribution >= 0.6 is 0 Å². The van der Waals surface area contributed by atoms with Crippen molar-refractivity contribution < 1.29 is 43.2 Å². The quantitative estimate of drug-likeness (QED) is 0.716. The van der Waals surface area contributed by atoms with Gasteiger partial charge in [-0.2, -0.15) is 0 Å². The molecule has 0 aromatic heterocycles. The number of nitrogens with zero attached hydrogens (tertiary/aromatic N) is 1. The summed E-state index contributed by atoms with van der Waals surface area (Å²) in [5.74, 6) is 0.607. The van der Waals surface area contributed by atoms with E-state index in [9.17, 15) is 9.59 Å². The van der Waals surface area contributed by atoms with Crippen LogP contribution in [0.4, 0.5) is 0 Å². The van der Waals surface area contributed by atoms with Gasteiger partial charge in [-0.05, 0) is 18.2 Å². The molecular formula is C21H17NO9. The van der Waals surface area contributed by atoms with Gasteiger partial charge in [-0.25, -0.2) is 4.79 Å². The summed E-state index contributed by atoms with van der Waals surface area (Å²) in [6.07, 6.45) is 0.0674. The minimum absolute atomic E-state index is 0.0494. The molecule has 2 aliphatic heterocycles. The van der Waals surface area contributed by atoms with Crippen molar-refractivity contribution in [3.63, 3.8) is 0 Å². The van der Waals surface area contributed by atoms with Crippen molar-refractivity contribution in [3.8, 4) is 28.7 Å². The molecular weight excluding hydrogens is 410 g/mol. The highest BCUT2D eigenvalue weighted by atomic mass is 16.7. The lowest BCUT2D eigenvalue weighted by molar-refractivity contribution is -0.142. The number of aliphatic carboxylic acids is 1. The molecule has 2 aromatic rings. The van der Waals surface area contributed by atoms with E-state index in [2.05, 4.69) is 5.16 Å². The van der Waals surface area contributed by atoms with Gasteiger partial charge in [0.25, 0.3) is 0 Å². The predicted octanol–water partition coefficient (Wildman–Crippen LogP) is 2.33. The average Bonchev–Trinajstić information content (AvgIpc) is 3.41. The fourth-order valence-electron chi connectivity index (χ4n) is 3.88. The Hall–Kier alpha value is -3.95. The highest BCUT2D eigenvalue weighted by molar-refractivity contribution is 6.19. The lowest BCUT2D eigenvalue weighted by Gasteiger charge is -2.27. The second-order valence-electron chi connectivity index (χ2n) is 7.02. The molecule has 160 valence electrons. The molecule has 0 saturated carbocycles. The number of rotatable bonds is 5. The predicted molar refractivity (Wildman–Crippen MR) is 103 cm³/mol. The van der Waals surface area contributed by atoms with E-state index in [0.717, 1.165) is 0 Å². The summed E-state index contributed by atoms with van der Waals surface area (Å²) in [6, 6.07) is 6.70. The number of fused-ring (bicyclic) bond motifs is 3. The van der Waals surface area contributed by atoms with Crippen LogP contribution in [-0.4, -0.2) is 49.9 Å². The maximum atomic E-state index is 13.0. The number of ketones is 1. The van der Waals surface area contributed by atoms with Crippen molar-refractivity contribution in [2.24, 2.45) is 5.16 Å². The largest absolute Gasteiger partial charge is 0.496 e. The smallest absolute Gasteiger partial charge is 0.344 e. The number of methoxy groups -OCH3 is 1. The molecule has 1 unspecified atom stereocenters. The summed E-state index contributed by atoms with van der Waals surface area (Å²) < 4.78 is 27.3. The molecule has 1 N–H and O–H groups in total. The molecule has 2 heterocycles. The number of ether oxygens (including phenoxy) is 5. The van der Waals surface area contributed by atoms with Crippen LogP contribution in [0.15, 0.2) is 29.4 Å². The van der Waals surface area contributed by atoms with E-state index in [-0.39, 0.29) is 25.8 Å². The van der Waals surface area contributed by atoms with Crippen molar-refractivity contribution in [1.82, 2.24) is 0 Å². The van der Waals surface area contributed by atoms with Gasteiger partial charge in [0.05, 0.1) is 12.8 Å². The molecule has 1 atom stereocenters. The summed E-state index contributed by atoms with van der Waals surface area (Å²) in [5.41, 5.74) is 1.90. The van der Waals surface area contributed by atoms with Gasteiger partial charge in [0, 0.05) is 35.1 Å². The van der Waals surface area contributed by atoms with Crippen molar-refractivity contribution >= 4 is 17.5 Å². The van der Waals surface area contributed by atoms with Crippen LogP contribution in [0.2, 0.25) is 0 Å². The van der Waals surface area contributed by atoms with Crippen LogP contribution in [0.5, 0.6) is 28.7 Å². The number of Topliss-reactive ketones (excluding diaryl/α,β-unsaturated/α-hetero) is 1. The molecule has 10 heteroatoms. The number of hydrogen-bond donors (Lipinski definition) is 1. The van der Waals surface area contributed by atoms with Gasteiger partial charge in [-0.15, -0.1) is 0 Å². The summed E-state index contributed by atoms with van der Waals surface area (Å²) in [7, 11) is 1.51. The number of oxime groups is 1. The Balaban J connectivity index is 1.65. The van der Waals surface area contributed by atoms with Crippen LogP contribution < -0.4 is 23.7 Å². The number of carboxylic acid groups (broad SMARTS) is 1. The molecule has 0 spiro atoms. The van der Waals surface area contributed by atoms with Gasteiger partial charge < -0.3 is 33.6 Å². The highest BCUT2D eigenvalue weighted by Gasteiger charge is 2.37. The molecule has 3 aliphatic rings. The Morgan fingerprint density at radius 3 is 2.29 bits per heavy atom. The van der Waals surface area contributed by atoms with Gasteiger partial charge in [0.15, 0.2) is 28.8 Å². The second kappa shape index (κ2) is 7.38. The SMILES string of the molecule is COc1cc2c(cc1C1CC(=O)c3cc4c(cc3C1=NOCC(=O)O)OCO4)OCO2. The maximum absolute atomic E-state index is 13.0. The number of benzene rings is 2. The number of hydrogen-bond acceptors (Lipinski definition) is 9. The normalized spacial score (nSPS) is 19.3. The monoisotopic (exact) mass is 427 g/mol. The first kappa shape index (κ1) is 19.0. The average molecular weight is 427 g/mol. The summed E-state index contributed by atoms with van der Waals surface area (Å²) in [4.78, 5) is 29.1. The van der Waals surface area contributed by atoms with Crippen molar-refractivity contribution in [1.29, 1.82) is 0 Å². The van der Waals surface area contributed by atoms with Gasteiger partial charge in [-0.1, -0.05) is 5.16 Å². The van der Waals surface area contributed by atoms with Crippen LogP contribution in [0.3, 0.4) is 0 Å². The van der Waals surface area contributed by atoms with E-state index >= 15 is 0 Å². The summed E-state index contributed by atoms with van der Waals surface area (Å²) >= 11 is 0. The topological polar surface area (TPSA) is 122 Å². The van der Waals surface area contributed by atoms with E-state index < -0.39 is 18.5 Å². The first-order chi connectivity index (χ1) is 15.0. The van der Waals surface area contributed by atoms with Gasteiger partial charge in [0.1, 0.15) is 5.75 Å². The lowest BCUT2D eigenvalue weighted by atomic mass is 9.77. The van der Waals surface area contributed by atoms with E-state index in [1.54, 1.807) is 24.3 Å². The molecule has 0 radical (unpaired) electrons. The van der Waals surface area contributed by atoms with Crippen molar-refractivity contribution in [3.05, 3.63) is 41.0 Å². The van der Waals surface area contributed by atoms with Crippen molar-refractivity contribution in [2.75, 3.05) is 27.3 Å². The Labute approximate surface area is 175 Å². The molecule has 0 fully saturated rings. The van der Waals surface area contributed by atoms with Crippen LogP contribution in [0, 0.1) is 0 Å². The Bertz CT molecular complexity index is 1120. The minimum atomic E-state index is -1.17. The summed E-state index contributed by atoms with van der Waals surface area (Å²) in [6.45, 7) is -0.489. The Morgan fingerprint density at radius 1 is 1.03 bits per heavy atom. The van der Waals surface area contributed by atoms with Gasteiger partial charge >= 0.3 is 5.97 Å². The lowest BCUT2D eigenvalue weighted by Crippen LogP contribution is -2.27. The van der Waals surface area contributed by atoms with Gasteiger partial charge in [0.2, 0.25) is 20.2 Å². The van der Waals surface area contributed by atoms with Crippen LogP contribution in [0.25, 0.3) is 0 Å². The molecule has 1 aliphatic carbocycles. The Morgan fingerprint density at radius 2 is 1.65 bits per heavy atom. The third kappa shape index (κ3) is 3.25. The summed E-state index contributed by atoms with van der Waals surface area (Å²) in [5, 5.41) is 13.1. The molecule has 5 rings (SSSR count). The third-order valence-corrected chi connectivity index (χ3v) is 5.26. The first-order valence-corrected chi connectivity index (χ1v) is 9.41. The Kier molecular flexibility index (Phi) is 4.54. The fourth-order valence-corrected chi connectivity index (χ4v) is 3.88. The molecule has 31 heavy (non-hydrogen) atoms. The van der Waals surface area contributed by atoms with E-state index in [1.807, 2.05) is 0 Å². The third-order valence-electron chi connectivity index (χ3n) is 5.26.